The summed E-state index contributed by atoms with van der Waals surface area (Å²) in [6.07, 6.45) is 6.46. The smallest absolute Gasteiger partial charge is 0.0708 e. The lowest BCUT2D eigenvalue weighted by molar-refractivity contribution is 1.17. The molecule has 0 radical (unpaired) electrons. The van der Waals surface area contributed by atoms with Crippen LogP contribution in [0.4, 0.5) is 0 Å². The number of fused-ring (bicyclic) bond motifs is 6. The van der Waals surface area contributed by atoms with Gasteiger partial charge in [-0.1, -0.05) is 109 Å². The fourth-order valence-electron chi connectivity index (χ4n) is 7.85. The Morgan fingerprint density at radius 1 is 0.472 bits per heavy atom. The van der Waals surface area contributed by atoms with Gasteiger partial charge in [0.15, 0.2) is 0 Å². The number of nitrogens with zero attached hydrogens (tertiary/aromatic N) is 3. The van der Waals surface area contributed by atoms with E-state index in [1.54, 1.807) is 6.08 Å². The van der Waals surface area contributed by atoms with Crippen molar-refractivity contribution in [2.24, 2.45) is 0 Å². The highest BCUT2D eigenvalue weighted by atomic mass is 15.0. The van der Waals surface area contributed by atoms with Gasteiger partial charge in [0, 0.05) is 40.0 Å². The molecular formula is C50H37N3. The zero-order valence-corrected chi connectivity index (χ0v) is 29.6. The van der Waals surface area contributed by atoms with Gasteiger partial charge in [-0.2, -0.15) is 0 Å². The Morgan fingerprint density at radius 3 is 1.47 bits per heavy atom. The summed E-state index contributed by atoms with van der Waals surface area (Å²) < 4.78 is 2.44. The molecule has 0 unspecified atom stereocenters. The van der Waals surface area contributed by atoms with Crippen LogP contribution in [0.1, 0.15) is 18.1 Å². The number of aromatic nitrogens is 3. The lowest BCUT2D eigenvalue weighted by Gasteiger charge is -2.12. The number of rotatable bonds is 5. The molecule has 0 aliphatic heterocycles. The SMILES string of the molecule is C=CC.c1ccc(-c2ccccc2-c2ccc3c(c2)c2cc(-c4ccccc4-c4ccccn4)ccc2n3-c2ccc3c(c2)-c2ccccc2C3)nc1. The molecule has 6 aromatic carbocycles. The third kappa shape index (κ3) is 5.73. The summed E-state index contributed by atoms with van der Waals surface area (Å²) in [7, 11) is 0. The molecule has 53 heavy (non-hydrogen) atoms. The molecule has 3 aromatic heterocycles. The zero-order chi connectivity index (χ0) is 35.7. The minimum absolute atomic E-state index is 0.970. The summed E-state index contributed by atoms with van der Waals surface area (Å²) in [5.41, 5.74) is 17.8. The van der Waals surface area contributed by atoms with Crippen LogP contribution in [0.3, 0.4) is 0 Å². The van der Waals surface area contributed by atoms with Gasteiger partial charge in [0.05, 0.1) is 22.4 Å². The second-order valence-electron chi connectivity index (χ2n) is 13.4. The van der Waals surface area contributed by atoms with E-state index in [0.29, 0.717) is 0 Å². The van der Waals surface area contributed by atoms with Gasteiger partial charge in [0.1, 0.15) is 0 Å². The summed E-state index contributed by atoms with van der Waals surface area (Å²) >= 11 is 0. The first-order valence-corrected chi connectivity index (χ1v) is 18.1. The van der Waals surface area contributed by atoms with Gasteiger partial charge in [-0.3, -0.25) is 9.97 Å². The summed E-state index contributed by atoms with van der Waals surface area (Å²) in [5, 5.41) is 2.43. The minimum Gasteiger partial charge on any atom is -0.309 e. The fraction of sp³-hybridized carbons (Fsp3) is 0.0400. The van der Waals surface area contributed by atoms with Crippen molar-refractivity contribution in [2.45, 2.75) is 13.3 Å². The molecule has 0 amide bonds. The van der Waals surface area contributed by atoms with Crippen molar-refractivity contribution < 1.29 is 0 Å². The van der Waals surface area contributed by atoms with Crippen molar-refractivity contribution >= 4 is 21.8 Å². The molecular weight excluding hydrogens is 643 g/mol. The maximum absolute atomic E-state index is 4.70. The average Bonchev–Trinajstić information content (AvgIpc) is 3.76. The van der Waals surface area contributed by atoms with E-state index in [4.69, 9.17) is 9.97 Å². The van der Waals surface area contributed by atoms with E-state index in [0.717, 1.165) is 28.9 Å². The van der Waals surface area contributed by atoms with Crippen LogP contribution in [0, 0.1) is 0 Å². The lowest BCUT2D eigenvalue weighted by atomic mass is 9.94. The Balaban J connectivity index is 0.00000120. The third-order valence-corrected chi connectivity index (χ3v) is 10.2. The van der Waals surface area contributed by atoms with Gasteiger partial charge in [0.25, 0.3) is 0 Å². The second-order valence-corrected chi connectivity index (χ2v) is 13.4. The molecule has 1 aliphatic carbocycles. The van der Waals surface area contributed by atoms with Crippen molar-refractivity contribution in [1.82, 2.24) is 14.5 Å². The van der Waals surface area contributed by atoms with Gasteiger partial charge >= 0.3 is 0 Å². The van der Waals surface area contributed by atoms with Crippen LogP contribution >= 0.6 is 0 Å². The molecule has 0 spiro atoms. The fourth-order valence-corrected chi connectivity index (χ4v) is 7.85. The standard InChI is InChI=1S/C47H31N3.C3H6/c1-2-14-38-31(11-1)27-32-19-22-35(30-41(32)38)50-46-23-20-33(36-12-3-5-15-39(36)44-17-7-9-25-48-44)28-42(46)43-29-34(21-24-47(43)50)37-13-4-6-16-40(37)45-18-8-10-26-49-45;1-3-2/h1-26,28-30H,27H2;3H,1H2,2H3. The quantitative estimate of drug-likeness (QED) is 0.170. The lowest BCUT2D eigenvalue weighted by Crippen LogP contribution is -1.95. The molecule has 252 valence electrons. The molecule has 0 atom stereocenters. The zero-order valence-electron chi connectivity index (χ0n) is 29.6. The summed E-state index contributed by atoms with van der Waals surface area (Å²) in [5.74, 6) is 0. The molecule has 0 saturated carbocycles. The Labute approximate surface area is 310 Å². The Hall–Kier alpha value is -6.84. The second kappa shape index (κ2) is 13.7. The maximum Gasteiger partial charge on any atom is 0.0708 e. The molecule has 3 heterocycles. The van der Waals surface area contributed by atoms with Gasteiger partial charge in [-0.15, -0.1) is 6.58 Å². The van der Waals surface area contributed by atoms with Crippen molar-refractivity contribution in [2.75, 3.05) is 0 Å². The highest BCUT2D eigenvalue weighted by molar-refractivity contribution is 6.12. The maximum atomic E-state index is 4.70. The van der Waals surface area contributed by atoms with E-state index in [1.807, 2.05) is 31.5 Å². The molecule has 1 aliphatic rings. The van der Waals surface area contributed by atoms with Crippen LogP contribution in [-0.2, 0) is 6.42 Å². The van der Waals surface area contributed by atoms with E-state index in [1.165, 1.54) is 72.0 Å². The van der Waals surface area contributed by atoms with Crippen molar-refractivity contribution in [3.63, 3.8) is 0 Å². The highest BCUT2D eigenvalue weighted by Crippen LogP contribution is 2.42. The average molecular weight is 680 g/mol. The first-order chi connectivity index (χ1) is 26.2. The number of pyridine rings is 2. The third-order valence-electron chi connectivity index (χ3n) is 10.2. The number of allylic oxidation sites excluding steroid dienone is 1. The van der Waals surface area contributed by atoms with E-state index in [-0.39, 0.29) is 0 Å². The monoisotopic (exact) mass is 679 g/mol. The van der Waals surface area contributed by atoms with Crippen LogP contribution in [0.15, 0.2) is 189 Å². The van der Waals surface area contributed by atoms with Crippen LogP contribution in [-0.4, -0.2) is 14.5 Å². The topological polar surface area (TPSA) is 30.7 Å². The number of hydrogen-bond donors (Lipinski definition) is 0. The molecule has 9 aromatic rings. The Bertz CT molecular complexity index is 2640. The van der Waals surface area contributed by atoms with E-state index < -0.39 is 0 Å². The van der Waals surface area contributed by atoms with Gasteiger partial charge in [-0.05, 0) is 119 Å². The van der Waals surface area contributed by atoms with Crippen LogP contribution in [0.25, 0.3) is 83.4 Å². The van der Waals surface area contributed by atoms with E-state index in [9.17, 15) is 0 Å². The highest BCUT2D eigenvalue weighted by Gasteiger charge is 2.21. The molecule has 0 saturated heterocycles. The van der Waals surface area contributed by atoms with Crippen LogP contribution in [0.2, 0.25) is 0 Å². The first kappa shape index (κ1) is 32.1. The first-order valence-electron chi connectivity index (χ1n) is 18.1. The van der Waals surface area contributed by atoms with Gasteiger partial charge in [-0.25, -0.2) is 0 Å². The van der Waals surface area contributed by atoms with Gasteiger partial charge < -0.3 is 4.57 Å². The predicted octanol–water partition coefficient (Wildman–Crippen LogP) is 13.0. The van der Waals surface area contributed by atoms with E-state index >= 15 is 0 Å². The van der Waals surface area contributed by atoms with E-state index in [2.05, 4.69) is 163 Å². The molecule has 0 fully saturated rings. The molecule has 10 rings (SSSR count). The van der Waals surface area contributed by atoms with Crippen molar-refractivity contribution in [3.8, 4) is 61.6 Å². The number of hydrogen-bond acceptors (Lipinski definition) is 2. The molecule has 0 bridgehead atoms. The van der Waals surface area contributed by atoms with Crippen LogP contribution < -0.4 is 0 Å². The van der Waals surface area contributed by atoms with Gasteiger partial charge in [0.2, 0.25) is 0 Å². The largest absolute Gasteiger partial charge is 0.309 e. The molecule has 3 nitrogen and oxygen atoms in total. The van der Waals surface area contributed by atoms with Crippen LogP contribution in [0.5, 0.6) is 0 Å². The summed E-state index contributed by atoms with van der Waals surface area (Å²) in [6.45, 7) is 5.25. The minimum atomic E-state index is 0.970. The van der Waals surface area contributed by atoms with Crippen molar-refractivity contribution in [3.05, 3.63) is 200 Å². The predicted molar refractivity (Wildman–Crippen MR) is 222 cm³/mol. The normalized spacial score (nSPS) is 11.5. The Morgan fingerprint density at radius 2 is 0.943 bits per heavy atom. The molecule has 3 heteroatoms. The summed E-state index contributed by atoms with van der Waals surface area (Å²) in [6, 6.07) is 59.0. The number of benzene rings is 6. The Kier molecular flexibility index (Phi) is 8.30. The summed E-state index contributed by atoms with van der Waals surface area (Å²) in [4.78, 5) is 9.41. The molecule has 0 N–H and O–H groups in total. The van der Waals surface area contributed by atoms with Crippen molar-refractivity contribution in [1.29, 1.82) is 0 Å².